The molecule has 0 saturated carbocycles. The van der Waals surface area contributed by atoms with Crippen LogP contribution in [0.5, 0.6) is 0 Å². The molecule has 1 heterocycles. The molecule has 2 aromatic rings. The minimum Gasteiger partial charge on any atom is -0.328 e. The van der Waals surface area contributed by atoms with Crippen LogP contribution < -0.4 is 9.80 Å². The van der Waals surface area contributed by atoms with Gasteiger partial charge in [0.15, 0.2) is 0 Å². The summed E-state index contributed by atoms with van der Waals surface area (Å²) >= 11 is 0. The summed E-state index contributed by atoms with van der Waals surface area (Å²) in [5.74, 6) is 0. The summed E-state index contributed by atoms with van der Waals surface area (Å²) in [4.78, 5) is 4.68. The predicted molar refractivity (Wildman–Crippen MR) is 110 cm³/mol. The summed E-state index contributed by atoms with van der Waals surface area (Å²) in [6.45, 7) is 17.9. The number of anilines is 2. The van der Waals surface area contributed by atoms with Crippen LogP contribution >= 0.6 is 0 Å². The van der Waals surface area contributed by atoms with Crippen molar-refractivity contribution < 1.29 is 0 Å². The monoisotopic (exact) mass is 332 g/mol. The maximum Gasteiger partial charge on any atom is 0.0989 e. The molecule has 2 heteroatoms. The molecule has 0 aromatic heterocycles. The zero-order chi connectivity index (χ0) is 18.3. The first kappa shape index (κ1) is 17.3. The number of nitrogens with zero attached hydrogens (tertiary/aromatic N) is 2. The van der Waals surface area contributed by atoms with Crippen molar-refractivity contribution in [2.45, 2.75) is 41.5 Å². The molecular formula is C23H28N2. The zero-order valence-corrected chi connectivity index (χ0v) is 16.3. The maximum atomic E-state index is 4.08. The van der Waals surface area contributed by atoms with Gasteiger partial charge in [-0.25, -0.2) is 0 Å². The summed E-state index contributed by atoms with van der Waals surface area (Å²) in [6, 6.07) is 9.00. The summed E-state index contributed by atoms with van der Waals surface area (Å²) in [7, 11) is 0. The largest absolute Gasteiger partial charge is 0.328 e. The summed E-state index contributed by atoms with van der Waals surface area (Å²) < 4.78 is 0. The van der Waals surface area contributed by atoms with Gasteiger partial charge in [-0.05, 0) is 81.5 Å². The Hall–Kier alpha value is -2.48. The van der Waals surface area contributed by atoms with Crippen LogP contribution in [0.4, 0.5) is 11.4 Å². The van der Waals surface area contributed by atoms with Crippen molar-refractivity contribution in [3.63, 3.8) is 0 Å². The molecule has 0 unspecified atom stereocenters. The van der Waals surface area contributed by atoms with Crippen LogP contribution in [0.25, 0.3) is 5.57 Å². The number of rotatable bonds is 3. The second-order valence-electron chi connectivity index (χ2n) is 7.37. The van der Waals surface area contributed by atoms with Gasteiger partial charge in [0.1, 0.15) is 0 Å². The minimum atomic E-state index is 0.846. The molecule has 0 bridgehead atoms. The molecule has 0 radical (unpaired) electrons. The molecule has 0 spiro atoms. The highest BCUT2D eigenvalue weighted by Gasteiger charge is 2.21. The molecule has 0 aliphatic carbocycles. The third kappa shape index (κ3) is 3.21. The average Bonchev–Trinajstić information content (AvgIpc) is 2.94. The Labute approximate surface area is 152 Å². The first-order valence-corrected chi connectivity index (χ1v) is 8.84. The van der Waals surface area contributed by atoms with Crippen molar-refractivity contribution in [1.29, 1.82) is 0 Å². The van der Waals surface area contributed by atoms with Crippen molar-refractivity contribution in [3.8, 4) is 0 Å². The molecule has 0 saturated heterocycles. The van der Waals surface area contributed by atoms with Crippen LogP contribution in [0.15, 0.2) is 43.2 Å². The molecule has 1 aliphatic rings. The van der Waals surface area contributed by atoms with Gasteiger partial charge in [-0.2, -0.15) is 0 Å². The fourth-order valence-corrected chi connectivity index (χ4v) is 3.99. The minimum absolute atomic E-state index is 0.846. The van der Waals surface area contributed by atoms with Gasteiger partial charge in [-0.3, -0.25) is 0 Å². The molecule has 1 aliphatic heterocycles. The van der Waals surface area contributed by atoms with E-state index in [0.29, 0.717) is 0 Å². The lowest BCUT2D eigenvalue weighted by Gasteiger charge is -2.27. The van der Waals surface area contributed by atoms with Crippen LogP contribution in [0.1, 0.15) is 40.3 Å². The van der Waals surface area contributed by atoms with Gasteiger partial charge in [0.2, 0.25) is 0 Å². The highest BCUT2D eigenvalue weighted by atomic mass is 15.3. The molecule has 25 heavy (non-hydrogen) atoms. The van der Waals surface area contributed by atoms with E-state index in [4.69, 9.17) is 0 Å². The standard InChI is InChI=1S/C23H28N2/c1-15(2)21-12-19(6)23(20(7)13-21)25-9-8-24(14-25)22-17(4)10-16(3)11-18(22)5/h8-13H,1,14H2,2-7H3. The molecule has 0 amide bonds. The molecule has 130 valence electrons. The third-order valence-electron chi connectivity index (χ3n) is 4.92. The van der Waals surface area contributed by atoms with E-state index in [0.717, 1.165) is 12.2 Å². The van der Waals surface area contributed by atoms with Gasteiger partial charge in [0.05, 0.1) is 6.67 Å². The molecule has 3 rings (SSSR count). The van der Waals surface area contributed by atoms with Gasteiger partial charge in [0, 0.05) is 23.8 Å². The second-order valence-corrected chi connectivity index (χ2v) is 7.37. The fraction of sp³-hybridized carbons (Fsp3) is 0.304. The van der Waals surface area contributed by atoms with Gasteiger partial charge in [-0.15, -0.1) is 0 Å². The number of hydrogen-bond acceptors (Lipinski definition) is 2. The van der Waals surface area contributed by atoms with Crippen LogP contribution in [-0.4, -0.2) is 6.67 Å². The number of benzene rings is 2. The van der Waals surface area contributed by atoms with E-state index in [1.54, 1.807) is 0 Å². The average molecular weight is 332 g/mol. The van der Waals surface area contributed by atoms with E-state index >= 15 is 0 Å². The highest BCUT2D eigenvalue weighted by molar-refractivity contribution is 5.72. The number of allylic oxidation sites excluding steroid dienone is 1. The fourth-order valence-electron chi connectivity index (χ4n) is 3.99. The molecular weight excluding hydrogens is 304 g/mol. The Balaban J connectivity index is 1.93. The molecule has 0 fully saturated rings. The lowest BCUT2D eigenvalue weighted by atomic mass is 10.00. The van der Waals surface area contributed by atoms with E-state index in [2.05, 4.69) is 94.6 Å². The van der Waals surface area contributed by atoms with Crippen molar-refractivity contribution in [3.05, 3.63) is 76.6 Å². The molecule has 0 N–H and O–H groups in total. The topological polar surface area (TPSA) is 6.48 Å². The Bertz CT molecular complexity index is 828. The van der Waals surface area contributed by atoms with Crippen molar-refractivity contribution in [2.75, 3.05) is 16.5 Å². The predicted octanol–water partition coefficient (Wildman–Crippen LogP) is 6.02. The number of aryl methyl sites for hydroxylation is 5. The van der Waals surface area contributed by atoms with Crippen molar-refractivity contribution in [2.24, 2.45) is 0 Å². The Kier molecular flexibility index (Phi) is 4.47. The van der Waals surface area contributed by atoms with Gasteiger partial charge in [-0.1, -0.05) is 29.8 Å². The smallest absolute Gasteiger partial charge is 0.0989 e. The van der Waals surface area contributed by atoms with E-state index in [-0.39, 0.29) is 0 Å². The molecule has 2 aromatic carbocycles. The lowest BCUT2D eigenvalue weighted by molar-refractivity contribution is 0.954. The van der Waals surface area contributed by atoms with Gasteiger partial charge < -0.3 is 9.80 Å². The van der Waals surface area contributed by atoms with Crippen LogP contribution in [-0.2, 0) is 0 Å². The molecule has 0 atom stereocenters. The van der Waals surface area contributed by atoms with Crippen LogP contribution in [0.3, 0.4) is 0 Å². The quantitative estimate of drug-likeness (QED) is 0.678. The normalized spacial score (nSPS) is 13.7. The SMILES string of the molecule is C=C(C)c1cc(C)c(N2C=CN(c3c(C)cc(C)cc3C)C2)c(C)c1. The third-order valence-corrected chi connectivity index (χ3v) is 4.92. The second kappa shape index (κ2) is 6.44. The van der Waals surface area contributed by atoms with Crippen LogP contribution in [0.2, 0.25) is 0 Å². The first-order chi connectivity index (χ1) is 11.8. The number of hydrogen-bond donors (Lipinski definition) is 0. The van der Waals surface area contributed by atoms with Crippen LogP contribution in [0, 0.1) is 34.6 Å². The molecule has 2 nitrogen and oxygen atoms in total. The lowest BCUT2D eigenvalue weighted by Crippen LogP contribution is -2.26. The Morgan fingerprint density at radius 2 is 1.16 bits per heavy atom. The summed E-state index contributed by atoms with van der Waals surface area (Å²) in [5, 5.41) is 0. The van der Waals surface area contributed by atoms with Crippen molar-refractivity contribution in [1.82, 2.24) is 0 Å². The van der Waals surface area contributed by atoms with Gasteiger partial charge in [0.25, 0.3) is 0 Å². The van der Waals surface area contributed by atoms with E-state index in [1.807, 2.05) is 0 Å². The maximum absolute atomic E-state index is 4.08. The Morgan fingerprint density at radius 3 is 1.56 bits per heavy atom. The summed E-state index contributed by atoms with van der Waals surface area (Å²) in [6.07, 6.45) is 4.38. The Morgan fingerprint density at radius 1 is 0.760 bits per heavy atom. The van der Waals surface area contributed by atoms with Gasteiger partial charge >= 0.3 is 0 Å². The van der Waals surface area contributed by atoms with Crippen molar-refractivity contribution >= 4 is 16.9 Å². The van der Waals surface area contributed by atoms with E-state index in [9.17, 15) is 0 Å². The summed E-state index contributed by atoms with van der Waals surface area (Å²) in [5.41, 5.74) is 11.5. The van der Waals surface area contributed by atoms with E-state index in [1.165, 1.54) is 44.8 Å². The highest BCUT2D eigenvalue weighted by Crippen LogP contribution is 2.34. The van der Waals surface area contributed by atoms with E-state index < -0.39 is 0 Å². The zero-order valence-electron chi connectivity index (χ0n) is 16.3. The first-order valence-electron chi connectivity index (χ1n) is 8.84.